The highest BCUT2D eigenvalue weighted by molar-refractivity contribution is 7.62. The third-order valence-electron chi connectivity index (χ3n) is 4.73. The van der Waals surface area contributed by atoms with E-state index < -0.39 is 7.60 Å². The van der Waals surface area contributed by atoms with Gasteiger partial charge in [0.15, 0.2) is 23.0 Å². The molecule has 0 N–H and O–H groups in total. The molecule has 0 fully saturated rings. The average Bonchev–Trinajstić information content (AvgIpc) is 2.82. The Hall–Kier alpha value is -2.29. The van der Waals surface area contributed by atoms with Crippen LogP contribution in [0.5, 0.6) is 23.0 Å². The number of hydrogen-bond acceptors (Lipinski definition) is 9. The lowest BCUT2D eigenvalue weighted by molar-refractivity contribution is 0.0640. The van der Waals surface area contributed by atoms with Crippen molar-refractivity contribution in [3.8, 4) is 23.0 Å². The van der Waals surface area contributed by atoms with Gasteiger partial charge in [-0.25, -0.2) is 0 Å². The van der Waals surface area contributed by atoms with E-state index in [-0.39, 0.29) is 18.8 Å². The molecule has 1 heterocycles. The third-order valence-corrected chi connectivity index (χ3v) is 7.04. The quantitative estimate of drug-likeness (QED) is 0.520. The smallest absolute Gasteiger partial charge is 0.361 e. The predicted molar refractivity (Wildman–Crippen MR) is 136 cm³/mol. The van der Waals surface area contributed by atoms with Gasteiger partial charge in [-0.15, -0.1) is 0 Å². The molecule has 0 spiro atoms. The summed E-state index contributed by atoms with van der Waals surface area (Å²) in [6.07, 6.45) is -0.573. The monoisotopic (exact) mass is 524 g/mol. The van der Waals surface area contributed by atoms with Gasteiger partial charge in [0, 0.05) is 0 Å². The average molecular weight is 525 g/mol. The van der Waals surface area contributed by atoms with E-state index in [0.717, 1.165) is 0 Å². The van der Waals surface area contributed by atoms with E-state index in [9.17, 15) is 4.57 Å². The Labute approximate surface area is 213 Å². The first-order valence-electron chi connectivity index (χ1n) is 12.2. The number of rotatable bonds is 5. The minimum absolute atomic E-state index is 0.260. The van der Waals surface area contributed by atoms with Gasteiger partial charge in [-0.3, -0.25) is 4.57 Å². The van der Waals surface area contributed by atoms with Crippen molar-refractivity contribution in [1.29, 1.82) is 0 Å². The maximum Gasteiger partial charge on any atom is 0.361 e. The van der Waals surface area contributed by atoms with Crippen molar-refractivity contribution in [2.75, 3.05) is 52.9 Å². The van der Waals surface area contributed by atoms with Crippen LogP contribution in [0.25, 0.3) is 0 Å². The highest BCUT2D eigenvalue weighted by atomic mass is 31.2. The second-order valence-corrected chi connectivity index (χ2v) is 10.4. The van der Waals surface area contributed by atoms with Crippen molar-refractivity contribution < 1.29 is 42.0 Å². The summed E-state index contributed by atoms with van der Waals surface area (Å²) in [5.74, 6) is 2.23. The number of benzene rings is 2. The first-order valence-corrected chi connectivity index (χ1v) is 13.8. The Bertz CT molecular complexity index is 966. The number of hydrogen-bond donors (Lipinski definition) is 0. The van der Waals surface area contributed by atoms with Gasteiger partial charge in [0.2, 0.25) is 0 Å². The molecular formula is C26H37O9P. The van der Waals surface area contributed by atoms with Gasteiger partial charge in [0.1, 0.15) is 26.4 Å². The summed E-state index contributed by atoms with van der Waals surface area (Å²) in [4.78, 5) is 0. The first-order chi connectivity index (χ1) is 17.4. The normalized spacial score (nSPS) is 16.4. The van der Waals surface area contributed by atoms with Gasteiger partial charge in [-0.05, 0) is 58.0 Å². The van der Waals surface area contributed by atoms with Crippen LogP contribution in [-0.2, 0) is 23.1 Å². The lowest BCUT2D eigenvalue weighted by atomic mass is 10.3. The molecule has 3 rings (SSSR count). The molecule has 10 heteroatoms. The molecule has 1 aliphatic rings. The van der Waals surface area contributed by atoms with Gasteiger partial charge < -0.3 is 37.5 Å². The van der Waals surface area contributed by atoms with Crippen LogP contribution in [0.15, 0.2) is 42.5 Å². The molecule has 2 aromatic rings. The van der Waals surface area contributed by atoms with Gasteiger partial charge in [0.25, 0.3) is 0 Å². The summed E-state index contributed by atoms with van der Waals surface area (Å²) in [6.45, 7) is 10.0. The summed E-state index contributed by atoms with van der Waals surface area (Å²) in [5.41, 5.74) is 0. The molecule has 0 aromatic heterocycles. The van der Waals surface area contributed by atoms with Gasteiger partial charge >= 0.3 is 7.60 Å². The maximum absolute atomic E-state index is 13.6. The zero-order valence-corrected chi connectivity index (χ0v) is 22.4. The third kappa shape index (κ3) is 8.98. The zero-order valence-electron chi connectivity index (χ0n) is 21.5. The van der Waals surface area contributed by atoms with Gasteiger partial charge in [-0.2, -0.15) is 0 Å². The fourth-order valence-electron chi connectivity index (χ4n) is 3.34. The molecule has 200 valence electrons. The Kier molecular flexibility index (Phi) is 11.4. The van der Waals surface area contributed by atoms with Crippen LogP contribution in [0.1, 0.15) is 27.7 Å². The SMILES string of the molecule is CC(C)OP(=O)(OC(C)C)c1ccc2c(c1)OCCOCCOc1ccccc1OCCOCCO2. The van der Waals surface area contributed by atoms with Crippen molar-refractivity contribution in [3.63, 3.8) is 0 Å². The molecule has 0 saturated heterocycles. The van der Waals surface area contributed by atoms with Crippen LogP contribution in [0, 0.1) is 0 Å². The molecule has 0 aliphatic carbocycles. The van der Waals surface area contributed by atoms with E-state index in [0.29, 0.717) is 74.6 Å². The van der Waals surface area contributed by atoms with Crippen LogP contribution in [-0.4, -0.2) is 65.1 Å². The zero-order chi connectivity index (χ0) is 25.8. The topological polar surface area (TPSA) is 90.9 Å². The van der Waals surface area contributed by atoms with E-state index in [4.69, 9.17) is 37.5 Å². The van der Waals surface area contributed by atoms with Crippen LogP contribution in [0.2, 0.25) is 0 Å². The van der Waals surface area contributed by atoms with Crippen molar-refractivity contribution >= 4 is 12.9 Å². The van der Waals surface area contributed by atoms with Crippen LogP contribution < -0.4 is 24.3 Å². The highest BCUT2D eigenvalue weighted by Gasteiger charge is 2.31. The van der Waals surface area contributed by atoms with Crippen LogP contribution in [0.3, 0.4) is 0 Å². The Morgan fingerprint density at radius 3 is 1.47 bits per heavy atom. The Morgan fingerprint density at radius 2 is 1.03 bits per heavy atom. The molecule has 0 bridgehead atoms. The summed E-state index contributed by atoms with van der Waals surface area (Å²) >= 11 is 0. The molecule has 0 radical (unpaired) electrons. The first kappa shape index (κ1) is 28.3. The molecule has 0 saturated carbocycles. The summed E-state index contributed by atoms with van der Waals surface area (Å²) in [6, 6.07) is 12.5. The Balaban J connectivity index is 1.71. The molecule has 1 aliphatic heterocycles. The number of para-hydroxylation sites is 2. The van der Waals surface area contributed by atoms with E-state index in [1.807, 2.05) is 52.0 Å². The minimum atomic E-state index is -3.57. The standard InChI is InChI=1S/C26H37O9P/c1-20(2)34-36(27,35-21(3)4)22-9-10-25-26(19-22)33-18-14-29-12-16-31-24-8-6-5-7-23(24)30-15-11-28-13-17-32-25/h5-10,19-21H,11-18H2,1-4H3. The number of ether oxygens (including phenoxy) is 6. The highest BCUT2D eigenvalue weighted by Crippen LogP contribution is 2.50. The van der Waals surface area contributed by atoms with Gasteiger partial charge in [-0.1, -0.05) is 12.1 Å². The minimum Gasteiger partial charge on any atom is -0.487 e. The lowest BCUT2D eigenvalue weighted by Crippen LogP contribution is -2.18. The molecular weight excluding hydrogens is 487 g/mol. The summed E-state index contributed by atoms with van der Waals surface area (Å²) in [5, 5.41) is 0.399. The lowest BCUT2D eigenvalue weighted by Gasteiger charge is -2.24. The fraction of sp³-hybridized carbons (Fsp3) is 0.538. The molecule has 36 heavy (non-hydrogen) atoms. The van der Waals surface area contributed by atoms with Crippen LogP contribution >= 0.6 is 7.60 Å². The molecule has 0 unspecified atom stereocenters. The Morgan fingerprint density at radius 1 is 0.611 bits per heavy atom. The maximum atomic E-state index is 13.6. The van der Waals surface area contributed by atoms with Crippen molar-refractivity contribution in [2.45, 2.75) is 39.9 Å². The molecule has 2 aromatic carbocycles. The van der Waals surface area contributed by atoms with Crippen molar-refractivity contribution in [2.24, 2.45) is 0 Å². The second-order valence-electron chi connectivity index (χ2n) is 8.50. The molecule has 0 atom stereocenters. The van der Waals surface area contributed by atoms with E-state index >= 15 is 0 Å². The largest absolute Gasteiger partial charge is 0.487 e. The van der Waals surface area contributed by atoms with Gasteiger partial charge in [0.05, 0.1) is 43.9 Å². The number of fused-ring (bicyclic) bond motifs is 2. The van der Waals surface area contributed by atoms with Crippen molar-refractivity contribution in [1.82, 2.24) is 0 Å². The second kappa shape index (κ2) is 14.4. The predicted octanol–water partition coefficient (Wildman–Crippen LogP) is 4.62. The summed E-state index contributed by atoms with van der Waals surface area (Å²) < 4.78 is 59.8. The van der Waals surface area contributed by atoms with Crippen LogP contribution in [0.4, 0.5) is 0 Å². The summed E-state index contributed by atoms with van der Waals surface area (Å²) in [7, 11) is -3.57. The molecule has 0 amide bonds. The van der Waals surface area contributed by atoms with E-state index in [2.05, 4.69) is 0 Å². The fourth-order valence-corrected chi connectivity index (χ4v) is 5.27. The van der Waals surface area contributed by atoms with Crippen molar-refractivity contribution in [3.05, 3.63) is 42.5 Å². The molecule has 9 nitrogen and oxygen atoms in total. The van der Waals surface area contributed by atoms with E-state index in [1.54, 1.807) is 18.2 Å². The van der Waals surface area contributed by atoms with E-state index in [1.165, 1.54) is 0 Å².